The maximum Gasteiger partial charge on any atom is 0.278 e. The highest BCUT2D eigenvalue weighted by Gasteiger charge is 2.53. The van der Waals surface area contributed by atoms with Crippen molar-refractivity contribution in [2.75, 3.05) is 6.54 Å². The molecule has 0 N–H and O–H groups in total. The molecule has 6 rings (SSSR count). The van der Waals surface area contributed by atoms with Gasteiger partial charge in [-0.3, -0.25) is 9.48 Å². The second-order valence-corrected chi connectivity index (χ2v) is 9.00. The Kier molecular flexibility index (Phi) is 4.64. The van der Waals surface area contributed by atoms with Crippen LogP contribution in [0.4, 0.5) is 0 Å². The van der Waals surface area contributed by atoms with Crippen LogP contribution in [0.1, 0.15) is 41.1 Å². The summed E-state index contributed by atoms with van der Waals surface area (Å²) in [6, 6.07) is 20.2. The first-order chi connectivity index (χ1) is 16.1. The largest absolute Gasteiger partial charge is 0.337 e. The fraction of sp³-hybridized carbons (Fsp3) is 0.308. The number of amides is 1. The van der Waals surface area contributed by atoms with Gasteiger partial charge in [0.1, 0.15) is 0 Å². The predicted octanol–water partition coefficient (Wildman–Crippen LogP) is 3.68. The summed E-state index contributed by atoms with van der Waals surface area (Å²) in [7, 11) is 1.94. The van der Waals surface area contributed by atoms with E-state index < -0.39 is 0 Å². The molecule has 0 spiro atoms. The van der Waals surface area contributed by atoms with Gasteiger partial charge in [-0.25, -0.2) is 0 Å². The summed E-state index contributed by atoms with van der Waals surface area (Å²) < 4.78 is 7.49. The SMILES string of the molecule is Cn1nc(-c2nc(Cc3ccccc3)no2)c2c1CCN(C(=O)C1(c3ccccc3)CC1)C2. The predicted molar refractivity (Wildman–Crippen MR) is 122 cm³/mol. The second-order valence-electron chi connectivity index (χ2n) is 9.00. The molecular weight excluding hydrogens is 414 g/mol. The molecule has 33 heavy (non-hydrogen) atoms. The van der Waals surface area contributed by atoms with Gasteiger partial charge in [0.05, 0.1) is 5.41 Å². The van der Waals surface area contributed by atoms with Crippen molar-refractivity contribution < 1.29 is 9.32 Å². The van der Waals surface area contributed by atoms with Crippen molar-refractivity contribution in [3.63, 3.8) is 0 Å². The summed E-state index contributed by atoms with van der Waals surface area (Å²) in [5.41, 5.74) is 4.70. The van der Waals surface area contributed by atoms with E-state index in [1.165, 1.54) is 0 Å². The van der Waals surface area contributed by atoms with Crippen LogP contribution in [0.5, 0.6) is 0 Å². The van der Waals surface area contributed by atoms with Gasteiger partial charge in [-0.05, 0) is 24.0 Å². The number of carbonyl (C=O) groups excluding carboxylic acids is 1. The summed E-state index contributed by atoms with van der Waals surface area (Å²) in [5.74, 6) is 1.25. The fourth-order valence-electron chi connectivity index (χ4n) is 4.95. The standard InChI is InChI=1S/C26H25N5O2/c1-30-21-12-15-31(25(32)26(13-14-26)19-10-6-3-7-11-19)17-20(21)23(28-30)24-27-22(29-33-24)16-18-8-4-2-5-9-18/h2-11H,12-17H2,1H3. The Morgan fingerprint density at radius 1 is 1.06 bits per heavy atom. The molecule has 7 nitrogen and oxygen atoms in total. The maximum absolute atomic E-state index is 13.6. The number of carbonyl (C=O) groups is 1. The van der Waals surface area contributed by atoms with E-state index in [2.05, 4.69) is 22.3 Å². The van der Waals surface area contributed by atoms with Gasteiger partial charge in [-0.2, -0.15) is 10.1 Å². The lowest BCUT2D eigenvalue weighted by molar-refractivity contribution is -0.134. The molecule has 4 aromatic rings. The molecule has 1 amide bonds. The van der Waals surface area contributed by atoms with E-state index >= 15 is 0 Å². The fourth-order valence-corrected chi connectivity index (χ4v) is 4.95. The second kappa shape index (κ2) is 7.69. The van der Waals surface area contributed by atoms with Crippen LogP contribution in [0.15, 0.2) is 65.2 Å². The van der Waals surface area contributed by atoms with Crippen LogP contribution >= 0.6 is 0 Å². The van der Waals surface area contributed by atoms with E-state index in [0.717, 1.165) is 41.6 Å². The number of aromatic nitrogens is 4. The van der Waals surface area contributed by atoms with E-state index in [1.807, 2.05) is 65.2 Å². The Morgan fingerprint density at radius 2 is 1.79 bits per heavy atom. The number of nitrogens with zero attached hydrogens (tertiary/aromatic N) is 5. The quantitative estimate of drug-likeness (QED) is 0.474. The molecule has 166 valence electrons. The number of fused-ring (bicyclic) bond motifs is 1. The van der Waals surface area contributed by atoms with Crippen molar-refractivity contribution in [2.24, 2.45) is 7.05 Å². The van der Waals surface area contributed by atoms with Crippen LogP contribution in [-0.4, -0.2) is 37.3 Å². The smallest absolute Gasteiger partial charge is 0.278 e. The first kappa shape index (κ1) is 19.9. The number of hydrogen-bond acceptors (Lipinski definition) is 5. The molecule has 3 heterocycles. The van der Waals surface area contributed by atoms with Crippen molar-refractivity contribution in [3.05, 3.63) is 88.9 Å². The summed E-state index contributed by atoms with van der Waals surface area (Å²) >= 11 is 0. The summed E-state index contributed by atoms with van der Waals surface area (Å²) in [6.45, 7) is 1.21. The van der Waals surface area contributed by atoms with Gasteiger partial charge in [0.15, 0.2) is 11.5 Å². The molecule has 0 atom stereocenters. The molecule has 1 fully saturated rings. The Hall–Kier alpha value is -3.74. The van der Waals surface area contributed by atoms with E-state index in [4.69, 9.17) is 9.62 Å². The number of aryl methyl sites for hydroxylation is 1. The van der Waals surface area contributed by atoms with E-state index in [-0.39, 0.29) is 11.3 Å². The highest BCUT2D eigenvalue weighted by molar-refractivity contribution is 5.91. The molecule has 2 aromatic heterocycles. The zero-order valence-corrected chi connectivity index (χ0v) is 18.6. The van der Waals surface area contributed by atoms with Crippen molar-refractivity contribution in [1.29, 1.82) is 0 Å². The van der Waals surface area contributed by atoms with Crippen LogP contribution in [0.25, 0.3) is 11.6 Å². The number of hydrogen-bond donors (Lipinski definition) is 0. The zero-order chi connectivity index (χ0) is 22.4. The lowest BCUT2D eigenvalue weighted by Crippen LogP contribution is -2.42. The highest BCUT2D eigenvalue weighted by atomic mass is 16.5. The van der Waals surface area contributed by atoms with Gasteiger partial charge in [-0.1, -0.05) is 65.8 Å². The highest BCUT2D eigenvalue weighted by Crippen LogP contribution is 2.50. The first-order valence-electron chi connectivity index (χ1n) is 11.4. The molecule has 0 bridgehead atoms. The Labute approximate surface area is 192 Å². The minimum atomic E-state index is -0.367. The molecule has 0 radical (unpaired) electrons. The van der Waals surface area contributed by atoms with E-state index in [0.29, 0.717) is 36.9 Å². The third-order valence-corrected chi connectivity index (χ3v) is 6.89. The van der Waals surface area contributed by atoms with Crippen LogP contribution in [-0.2, 0) is 36.6 Å². The minimum Gasteiger partial charge on any atom is -0.337 e. The molecule has 2 aliphatic rings. The first-order valence-corrected chi connectivity index (χ1v) is 11.4. The molecule has 1 saturated carbocycles. The summed E-state index contributed by atoms with van der Waals surface area (Å²) in [6.07, 6.45) is 3.18. The lowest BCUT2D eigenvalue weighted by atomic mass is 9.93. The number of benzene rings is 2. The minimum absolute atomic E-state index is 0.212. The summed E-state index contributed by atoms with van der Waals surface area (Å²) in [5, 5.41) is 8.87. The third kappa shape index (κ3) is 3.44. The molecule has 1 aliphatic heterocycles. The van der Waals surface area contributed by atoms with Crippen molar-refractivity contribution in [1.82, 2.24) is 24.8 Å². The molecule has 7 heteroatoms. The van der Waals surface area contributed by atoms with Gasteiger partial charge in [0, 0.05) is 44.2 Å². The topological polar surface area (TPSA) is 77.1 Å². The normalized spacial score (nSPS) is 16.5. The maximum atomic E-state index is 13.6. The van der Waals surface area contributed by atoms with Crippen LogP contribution in [0.2, 0.25) is 0 Å². The average Bonchev–Trinajstić information content (AvgIpc) is 3.44. The van der Waals surface area contributed by atoms with Crippen LogP contribution < -0.4 is 0 Å². The summed E-state index contributed by atoms with van der Waals surface area (Å²) in [4.78, 5) is 20.2. The van der Waals surface area contributed by atoms with E-state index in [9.17, 15) is 4.79 Å². The van der Waals surface area contributed by atoms with Gasteiger partial charge < -0.3 is 9.42 Å². The molecule has 1 aliphatic carbocycles. The Balaban J connectivity index is 1.27. The monoisotopic (exact) mass is 439 g/mol. The molecule has 0 saturated heterocycles. The van der Waals surface area contributed by atoms with Gasteiger partial charge >= 0.3 is 0 Å². The van der Waals surface area contributed by atoms with Crippen molar-refractivity contribution >= 4 is 5.91 Å². The lowest BCUT2D eigenvalue weighted by Gasteiger charge is -2.31. The van der Waals surface area contributed by atoms with E-state index in [1.54, 1.807) is 0 Å². The number of rotatable bonds is 5. The van der Waals surface area contributed by atoms with Gasteiger partial charge in [0.2, 0.25) is 5.91 Å². The Morgan fingerprint density at radius 3 is 2.52 bits per heavy atom. The van der Waals surface area contributed by atoms with Crippen molar-refractivity contribution in [2.45, 2.75) is 37.6 Å². The third-order valence-electron chi connectivity index (χ3n) is 6.89. The van der Waals surface area contributed by atoms with Crippen LogP contribution in [0.3, 0.4) is 0 Å². The average molecular weight is 440 g/mol. The molecular formula is C26H25N5O2. The van der Waals surface area contributed by atoms with Crippen molar-refractivity contribution in [3.8, 4) is 11.6 Å². The molecule has 0 unspecified atom stereocenters. The zero-order valence-electron chi connectivity index (χ0n) is 18.6. The molecule has 2 aromatic carbocycles. The Bertz CT molecular complexity index is 1310. The van der Waals surface area contributed by atoms with Gasteiger partial charge in [0.25, 0.3) is 5.89 Å². The van der Waals surface area contributed by atoms with Crippen LogP contribution in [0, 0.1) is 0 Å². The van der Waals surface area contributed by atoms with Gasteiger partial charge in [-0.15, -0.1) is 0 Å².